The molecule has 5 nitrogen and oxygen atoms in total. The number of amides is 1. The van der Waals surface area contributed by atoms with Crippen LogP contribution in [0.2, 0.25) is 0 Å². The summed E-state index contributed by atoms with van der Waals surface area (Å²) in [6.45, 7) is 0. The highest BCUT2D eigenvalue weighted by atomic mass is 32.1. The Hall–Kier alpha value is -3.53. The van der Waals surface area contributed by atoms with Gasteiger partial charge in [-0.25, -0.2) is 22.5 Å². The second-order valence-corrected chi connectivity index (χ2v) is 7.82. The number of nitrogens with zero attached hydrogens (tertiary/aromatic N) is 3. The number of rotatable bonds is 5. The van der Waals surface area contributed by atoms with Gasteiger partial charge in [0.15, 0.2) is 16.8 Å². The van der Waals surface area contributed by atoms with Gasteiger partial charge in [-0.15, -0.1) is 11.3 Å². The van der Waals surface area contributed by atoms with Crippen molar-refractivity contribution in [3.8, 4) is 11.3 Å². The molecule has 2 aromatic carbocycles. The van der Waals surface area contributed by atoms with Crippen molar-refractivity contribution < 1.29 is 22.4 Å². The molecule has 10 heteroatoms. The van der Waals surface area contributed by atoms with Crippen LogP contribution in [0.25, 0.3) is 11.3 Å². The zero-order chi connectivity index (χ0) is 22.1. The molecule has 0 spiro atoms. The Bertz CT molecular complexity index is 1280. The van der Waals surface area contributed by atoms with E-state index in [1.54, 1.807) is 7.05 Å². The molecule has 0 bridgehead atoms. The Kier molecular flexibility index (Phi) is 5.55. The van der Waals surface area contributed by atoms with Gasteiger partial charge in [-0.05, 0) is 29.8 Å². The Labute approximate surface area is 178 Å². The summed E-state index contributed by atoms with van der Waals surface area (Å²) < 4.78 is 55.2. The molecule has 0 aliphatic heterocycles. The van der Waals surface area contributed by atoms with Crippen molar-refractivity contribution in [3.63, 3.8) is 0 Å². The average Bonchev–Trinajstić information content (AvgIpc) is 3.31. The third kappa shape index (κ3) is 4.48. The molecule has 2 heterocycles. The number of anilines is 1. The van der Waals surface area contributed by atoms with Crippen LogP contribution in [0.4, 0.5) is 22.7 Å². The number of hydrogen-bond acceptors (Lipinski definition) is 4. The van der Waals surface area contributed by atoms with E-state index in [2.05, 4.69) is 15.4 Å². The molecule has 2 aromatic heterocycles. The van der Waals surface area contributed by atoms with Crippen LogP contribution in [0.3, 0.4) is 0 Å². The number of benzene rings is 2. The van der Waals surface area contributed by atoms with Gasteiger partial charge >= 0.3 is 0 Å². The van der Waals surface area contributed by atoms with Gasteiger partial charge < -0.3 is 0 Å². The molecule has 1 N–H and O–H groups in total. The molecule has 0 saturated heterocycles. The minimum Gasteiger partial charge on any atom is -0.298 e. The molecule has 0 aliphatic carbocycles. The van der Waals surface area contributed by atoms with Gasteiger partial charge in [0.25, 0.3) is 5.91 Å². The third-order valence-corrected chi connectivity index (χ3v) is 5.31. The van der Waals surface area contributed by atoms with Gasteiger partial charge in [0.05, 0.1) is 5.56 Å². The number of aryl methyl sites for hydroxylation is 1. The van der Waals surface area contributed by atoms with E-state index in [0.717, 1.165) is 40.5 Å². The largest absolute Gasteiger partial charge is 0.298 e. The fourth-order valence-corrected chi connectivity index (χ4v) is 3.84. The van der Waals surface area contributed by atoms with E-state index < -0.39 is 29.2 Å². The first-order chi connectivity index (χ1) is 14.8. The number of nitrogens with one attached hydrogen (secondary N) is 1. The minimum absolute atomic E-state index is 0.00897. The molecule has 1 amide bonds. The lowest BCUT2D eigenvalue weighted by molar-refractivity contribution is 0.102. The Morgan fingerprint density at radius 2 is 1.87 bits per heavy atom. The number of thiazole rings is 1. The third-order valence-electron chi connectivity index (χ3n) is 4.40. The van der Waals surface area contributed by atoms with Crippen LogP contribution in [0.1, 0.15) is 20.8 Å². The van der Waals surface area contributed by atoms with Crippen LogP contribution < -0.4 is 5.32 Å². The summed E-state index contributed by atoms with van der Waals surface area (Å²) in [6, 6.07) is 6.64. The summed E-state index contributed by atoms with van der Waals surface area (Å²) in [6.07, 6.45) is 3.25. The number of aromatic nitrogens is 3. The van der Waals surface area contributed by atoms with Crippen LogP contribution >= 0.6 is 11.3 Å². The van der Waals surface area contributed by atoms with Crippen LogP contribution in [0.15, 0.2) is 48.8 Å². The molecule has 0 radical (unpaired) electrons. The zero-order valence-corrected chi connectivity index (χ0v) is 16.8. The van der Waals surface area contributed by atoms with Crippen molar-refractivity contribution in [1.82, 2.24) is 14.8 Å². The molecular weight excluding hydrogens is 432 g/mol. The molecule has 0 saturated carbocycles. The van der Waals surface area contributed by atoms with E-state index in [-0.39, 0.29) is 22.0 Å². The Morgan fingerprint density at radius 3 is 2.61 bits per heavy atom. The molecule has 0 fully saturated rings. The lowest BCUT2D eigenvalue weighted by Gasteiger charge is -2.04. The maximum atomic E-state index is 14.2. The van der Waals surface area contributed by atoms with Crippen molar-refractivity contribution in [1.29, 1.82) is 0 Å². The van der Waals surface area contributed by atoms with E-state index in [4.69, 9.17) is 0 Å². The van der Waals surface area contributed by atoms with Gasteiger partial charge in [-0.3, -0.25) is 14.8 Å². The zero-order valence-electron chi connectivity index (χ0n) is 16.0. The standard InChI is InChI=1S/C21H14F4N4OS/c1-29-10-15(19(28-29)14-4-3-12(22)8-17(14)24)20(30)27-21-26-9-13(31-21)6-11-2-5-16(23)18(25)7-11/h2-5,7-10H,6H2,1H3,(H,26,27,30). The van der Waals surface area contributed by atoms with Gasteiger partial charge in [0.1, 0.15) is 17.3 Å². The maximum Gasteiger partial charge on any atom is 0.261 e. The molecule has 0 aliphatic rings. The molecule has 31 heavy (non-hydrogen) atoms. The van der Waals surface area contributed by atoms with Crippen LogP contribution in [-0.2, 0) is 13.5 Å². The predicted octanol–water partition coefficient (Wildman–Crippen LogP) is 4.94. The molecule has 0 atom stereocenters. The first kappa shape index (κ1) is 20.7. The van der Waals surface area contributed by atoms with E-state index in [1.807, 2.05) is 0 Å². The summed E-state index contributed by atoms with van der Waals surface area (Å²) in [5.41, 5.74) is 0.702. The van der Waals surface area contributed by atoms with Crippen molar-refractivity contribution in [2.24, 2.45) is 7.05 Å². The van der Waals surface area contributed by atoms with E-state index in [0.29, 0.717) is 12.0 Å². The number of halogens is 4. The second-order valence-electron chi connectivity index (χ2n) is 6.70. The van der Waals surface area contributed by atoms with Crippen molar-refractivity contribution in [2.45, 2.75) is 6.42 Å². The fourth-order valence-electron chi connectivity index (χ4n) is 3.00. The highest BCUT2D eigenvalue weighted by molar-refractivity contribution is 7.15. The number of hydrogen-bond donors (Lipinski definition) is 1. The first-order valence-electron chi connectivity index (χ1n) is 8.99. The summed E-state index contributed by atoms with van der Waals surface area (Å²) in [5, 5.41) is 7.02. The van der Waals surface area contributed by atoms with Gasteiger partial charge in [-0.1, -0.05) is 6.07 Å². The average molecular weight is 446 g/mol. The normalized spacial score (nSPS) is 11.0. The number of carbonyl (C=O) groups excluding carboxylic acids is 1. The predicted molar refractivity (Wildman–Crippen MR) is 108 cm³/mol. The van der Waals surface area contributed by atoms with Crippen LogP contribution in [0.5, 0.6) is 0 Å². The summed E-state index contributed by atoms with van der Waals surface area (Å²) >= 11 is 1.16. The van der Waals surface area contributed by atoms with Crippen molar-refractivity contribution in [2.75, 3.05) is 5.32 Å². The molecule has 158 valence electrons. The Morgan fingerprint density at radius 1 is 1.06 bits per heavy atom. The van der Waals surface area contributed by atoms with Gasteiger partial charge in [0, 0.05) is 42.4 Å². The van der Waals surface area contributed by atoms with E-state index in [1.165, 1.54) is 29.2 Å². The van der Waals surface area contributed by atoms with E-state index in [9.17, 15) is 22.4 Å². The summed E-state index contributed by atoms with van der Waals surface area (Å²) in [7, 11) is 1.57. The highest BCUT2D eigenvalue weighted by Gasteiger charge is 2.21. The fraction of sp³-hybridized carbons (Fsp3) is 0.0952. The van der Waals surface area contributed by atoms with Crippen molar-refractivity contribution >= 4 is 22.4 Å². The highest BCUT2D eigenvalue weighted by Crippen LogP contribution is 2.27. The van der Waals surface area contributed by atoms with Crippen LogP contribution in [0, 0.1) is 23.3 Å². The first-order valence-corrected chi connectivity index (χ1v) is 9.81. The van der Waals surface area contributed by atoms with Crippen molar-refractivity contribution in [3.05, 3.63) is 88.1 Å². The van der Waals surface area contributed by atoms with Crippen LogP contribution in [-0.4, -0.2) is 20.7 Å². The SMILES string of the molecule is Cn1cc(C(=O)Nc2ncc(Cc3ccc(F)c(F)c3)s2)c(-c2ccc(F)cc2F)n1. The number of carbonyl (C=O) groups is 1. The van der Waals surface area contributed by atoms with Gasteiger partial charge in [0.2, 0.25) is 0 Å². The molecular formula is C21H14F4N4OS. The maximum absolute atomic E-state index is 14.2. The summed E-state index contributed by atoms with van der Waals surface area (Å²) in [4.78, 5) is 17.6. The quantitative estimate of drug-likeness (QED) is 0.442. The molecule has 4 aromatic rings. The lowest BCUT2D eigenvalue weighted by atomic mass is 10.1. The lowest BCUT2D eigenvalue weighted by Crippen LogP contribution is -2.12. The topological polar surface area (TPSA) is 59.8 Å². The summed E-state index contributed by atoms with van der Waals surface area (Å²) in [5.74, 6) is -4.01. The molecule has 4 rings (SSSR count). The second kappa shape index (κ2) is 8.31. The monoisotopic (exact) mass is 446 g/mol. The minimum atomic E-state index is -0.937. The smallest absolute Gasteiger partial charge is 0.261 e. The molecule has 0 unspecified atom stereocenters. The van der Waals surface area contributed by atoms with E-state index >= 15 is 0 Å². The van der Waals surface area contributed by atoms with Gasteiger partial charge in [-0.2, -0.15) is 5.10 Å². The Balaban J connectivity index is 1.54.